The molecule has 0 unspecified atom stereocenters. The molecule has 0 radical (unpaired) electrons. The topological polar surface area (TPSA) is 54.4 Å². The number of hydrogen-bond acceptors (Lipinski definition) is 4. The van der Waals surface area contributed by atoms with Crippen molar-refractivity contribution in [3.63, 3.8) is 0 Å². The molecule has 1 aliphatic carbocycles. The quantitative estimate of drug-likeness (QED) is 0.887. The smallest absolute Gasteiger partial charge is 0.218 e. The Morgan fingerprint density at radius 3 is 2.81 bits per heavy atom. The van der Waals surface area contributed by atoms with E-state index in [9.17, 15) is 5.11 Å². The van der Waals surface area contributed by atoms with Gasteiger partial charge in [0.05, 0.1) is 18.2 Å². The lowest BCUT2D eigenvalue weighted by atomic mass is 10.0. The highest BCUT2D eigenvalue weighted by atomic mass is 16.5. The summed E-state index contributed by atoms with van der Waals surface area (Å²) in [7, 11) is 1.64. The lowest BCUT2D eigenvalue weighted by Crippen LogP contribution is -2.37. The Labute approximate surface area is 125 Å². The molecule has 4 heteroatoms. The summed E-state index contributed by atoms with van der Waals surface area (Å²) in [6.07, 6.45) is 4.04. The fourth-order valence-corrected chi connectivity index (χ4v) is 3.09. The van der Waals surface area contributed by atoms with Gasteiger partial charge in [0.2, 0.25) is 5.88 Å². The maximum atomic E-state index is 10.4. The standard InChI is InChI=1S/C17H22N2O2/c1-21-16-14(10-13-6-2-3-7-15(13)19-16)11-18-12-17(20)8-4-5-9-17/h2-3,6-7,10,18,20H,4-5,8-9,11-12H2,1H3. The highest BCUT2D eigenvalue weighted by Gasteiger charge is 2.30. The molecule has 0 aliphatic heterocycles. The second-order valence-corrected chi connectivity index (χ2v) is 5.88. The molecule has 21 heavy (non-hydrogen) atoms. The normalized spacial score (nSPS) is 17.2. The van der Waals surface area contributed by atoms with Gasteiger partial charge in [-0.3, -0.25) is 0 Å². The van der Waals surface area contributed by atoms with E-state index in [1.54, 1.807) is 7.11 Å². The van der Waals surface area contributed by atoms with E-state index in [0.29, 0.717) is 19.0 Å². The summed E-state index contributed by atoms with van der Waals surface area (Å²) in [5, 5.41) is 14.8. The lowest BCUT2D eigenvalue weighted by Gasteiger charge is -2.22. The number of aliphatic hydroxyl groups is 1. The average Bonchev–Trinajstić information content (AvgIpc) is 2.93. The van der Waals surface area contributed by atoms with Gasteiger partial charge < -0.3 is 15.2 Å². The number of nitrogens with one attached hydrogen (secondary N) is 1. The molecule has 0 bridgehead atoms. The molecular weight excluding hydrogens is 264 g/mol. The Bertz CT molecular complexity index is 621. The fraction of sp³-hybridized carbons (Fsp3) is 0.471. The third-order valence-corrected chi connectivity index (χ3v) is 4.26. The first-order chi connectivity index (χ1) is 10.2. The van der Waals surface area contributed by atoms with Crippen LogP contribution in [0.15, 0.2) is 30.3 Å². The molecule has 2 N–H and O–H groups in total. The lowest BCUT2D eigenvalue weighted by molar-refractivity contribution is 0.0474. The maximum absolute atomic E-state index is 10.4. The summed E-state index contributed by atoms with van der Waals surface area (Å²) >= 11 is 0. The predicted molar refractivity (Wildman–Crippen MR) is 83.4 cm³/mol. The summed E-state index contributed by atoms with van der Waals surface area (Å²) < 4.78 is 5.39. The van der Waals surface area contributed by atoms with Crippen LogP contribution >= 0.6 is 0 Å². The van der Waals surface area contributed by atoms with Crippen LogP contribution in [-0.4, -0.2) is 29.3 Å². The van der Waals surface area contributed by atoms with Crippen LogP contribution in [0.2, 0.25) is 0 Å². The minimum absolute atomic E-state index is 0.530. The highest BCUT2D eigenvalue weighted by molar-refractivity contribution is 5.80. The summed E-state index contributed by atoms with van der Waals surface area (Å²) in [5.41, 5.74) is 1.43. The number of ether oxygens (including phenoxy) is 1. The van der Waals surface area contributed by atoms with E-state index in [1.807, 2.05) is 18.2 Å². The summed E-state index contributed by atoms with van der Waals surface area (Å²) in [5.74, 6) is 0.652. The molecule has 1 heterocycles. The van der Waals surface area contributed by atoms with Gasteiger partial charge in [-0.05, 0) is 25.0 Å². The van der Waals surface area contributed by atoms with Crippen molar-refractivity contribution in [3.05, 3.63) is 35.9 Å². The van der Waals surface area contributed by atoms with Crippen LogP contribution in [0.4, 0.5) is 0 Å². The number of benzene rings is 1. The van der Waals surface area contributed by atoms with Gasteiger partial charge in [0.25, 0.3) is 0 Å². The number of hydrogen-bond donors (Lipinski definition) is 2. The van der Waals surface area contributed by atoms with Crippen LogP contribution in [0.5, 0.6) is 5.88 Å². The first-order valence-electron chi connectivity index (χ1n) is 7.56. The zero-order valence-corrected chi connectivity index (χ0v) is 12.4. The number of methoxy groups -OCH3 is 1. The van der Waals surface area contributed by atoms with Gasteiger partial charge in [-0.1, -0.05) is 31.0 Å². The molecule has 0 amide bonds. The number of rotatable bonds is 5. The van der Waals surface area contributed by atoms with Crippen LogP contribution in [0, 0.1) is 0 Å². The van der Waals surface area contributed by atoms with Crippen LogP contribution in [0.3, 0.4) is 0 Å². The molecule has 1 saturated carbocycles. The van der Waals surface area contributed by atoms with E-state index in [4.69, 9.17) is 4.74 Å². The number of pyridine rings is 1. The Kier molecular flexibility index (Phi) is 4.08. The van der Waals surface area contributed by atoms with Crippen LogP contribution < -0.4 is 10.1 Å². The predicted octanol–water partition coefficient (Wildman–Crippen LogP) is 2.64. The van der Waals surface area contributed by atoms with Gasteiger partial charge in [0.15, 0.2) is 0 Å². The van der Waals surface area contributed by atoms with Crippen molar-refractivity contribution in [2.45, 2.75) is 37.8 Å². The third-order valence-electron chi connectivity index (χ3n) is 4.26. The molecule has 1 aromatic heterocycles. The van der Waals surface area contributed by atoms with Gasteiger partial charge in [-0.2, -0.15) is 0 Å². The van der Waals surface area contributed by atoms with Crippen molar-refractivity contribution in [2.24, 2.45) is 0 Å². The highest BCUT2D eigenvalue weighted by Crippen LogP contribution is 2.29. The van der Waals surface area contributed by atoms with E-state index in [1.165, 1.54) is 0 Å². The second kappa shape index (κ2) is 6.00. The van der Waals surface area contributed by atoms with E-state index in [2.05, 4.69) is 22.4 Å². The van der Waals surface area contributed by atoms with E-state index in [0.717, 1.165) is 42.1 Å². The molecular formula is C17H22N2O2. The van der Waals surface area contributed by atoms with Gasteiger partial charge in [-0.25, -0.2) is 4.98 Å². The zero-order chi connectivity index (χ0) is 14.7. The number of aromatic nitrogens is 1. The monoisotopic (exact) mass is 286 g/mol. The van der Waals surface area contributed by atoms with Gasteiger partial charge in [0.1, 0.15) is 0 Å². The molecule has 0 atom stereocenters. The molecule has 0 saturated heterocycles. The van der Waals surface area contributed by atoms with Crippen molar-refractivity contribution in [1.82, 2.24) is 10.3 Å². The Balaban J connectivity index is 1.73. The largest absolute Gasteiger partial charge is 0.481 e. The van der Waals surface area contributed by atoms with Crippen molar-refractivity contribution in [3.8, 4) is 5.88 Å². The third kappa shape index (κ3) is 3.17. The van der Waals surface area contributed by atoms with Crippen LogP contribution in [-0.2, 0) is 6.54 Å². The number of para-hydroxylation sites is 1. The molecule has 2 aromatic rings. The van der Waals surface area contributed by atoms with E-state index < -0.39 is 5.60 Å². The van der Waals surface area contributed by atoms with Crippen molar-refractivity contribution < 1.29 is 9.84 Å². The Morgan fingerprint density at radius 2 is 2.05 bits per heavy atom. The molecule has 1 aliphatic rings. The minimum Gasteiger partial charge on any atom is -0.481 e. The molecule has 3 rings (SSSR count). The molecule has 4 nitrogen and oxygen atoms in total. The Morgan fingerprint density at radius 1 is 1.29 bits per heavy atom. The number of nitrogens with zero attached hydrogens (tertiary/aromatic N) is 1. The summed E-state index contributed by atoms with van der Waals surface area (Å²) in [6, 6.07) is 10.1. The first-order valence-corrected chi connectivity index (χ1v) is 7.56. The van der Waals surface area contributed by atoms with Gasteiger partial charge >= 0.3 is 0 Å². The Hall–Kier alpha value is -1.65. The first kappa shape index (κ1) is 14.3. The van der Waals surface area contributed by atoms with Crippen molar-refractivity contribution >= 4 is 10.9 Å². The summed E-state index contributed by atoms with van der Waals surface area (Å²) in [4.78, 5) is 4.54. The minimum atomic E-state index is -0.530. The van der Waals surface area contributed by atoms with Gasteiger partial charge in [-0.15, -0.1) is 0 Å². The SMILES string of the molecule is COc1nc2ccccc2cc1CNCC1(O)CCCC1. The van der Waals surface area contributed by atoms with Crippen LogP contribution in [0.1, 0.15) is 31.2 Å². The summed E-state index contributed by atoms with van der Waals surface area (Å²) in [6.45, 7) is 1.28. The maximum Gasteiger partial charge on any atom is 0.218 e. The second-order valence-electron chi connectivity index (χ2n) is 5.88. The zero-order valence-electron chi connectivity index (χ0n) is 12.4. The molecule has 1 aromatic carbocycles. The fourth-order valence-electron chi connectivity index (χ4n) is 3.09. The average molecular weight is 286 g/mol. The van der Waals surface area contributed by atoms with E-state index >= 15 is 0 Å². The molecule has 112 valence electrons. The molecule has 1 fully saturated rings. The van der Waals surface area contributed by atoms with Crippen molar-refractivity contribution in [1.29, 1.82) is 0 Å². The van der Waals surface area contributed by atoms with E-state index in [-0.39, 0.29) is 0 Å². The number of fused-ring (bicyclic) bond motifs is 1. The molecule has 0 spiro atoms. The van der Waals surface area contributed by atoms with Gasteiger partial charge in [0, 0.05) is 24.0 Å². The van der Waals surface area contributed by atoms with Crippen LogP contribution in [0.25, 0.3) is 10.9 Å². The van der Waals surface area contributed by atoms with Crippen molar-refractivity contribution in [2.75, 3.05) is 13.7 Å².